The van der Waals surface area contributed by atoms with E-state index in [-0.39, 0.29) is 17.4 Å². The zero-order chi connectivity index (χ0) is 16.1. The Hall–Kier alpha value is -1.59. The summed E-state index contributed by atoms with van der Waals surface area (Å²) in [6, 6.07) is 10.2. The molecule has 1 heterocycles. The number of halogens is 1. The Balaban J connectivity index is 2.09. The van der Waals surface area contributed by atoms with E-state index in [1.165, 1.54) is 0 Å². The van der Waals surface area contributed by atoms with Crippen molar-refractivity contribution in [3.8, 4) is 0 Å². The Bertz CT molecular complexity index is 680. The minimum atomic E-state index is -1.26. The minimum Gasteiger partial charge on any atom is -0.455 e. The lowest BCUT2D eigenvalue weighted by Gasteiger charge is -2.16. The third-order valence-electron chi connectivity index (χ3n) is 3.26. The largest absolute Gasteiger partial charge is 0.455 e. The first-order chi connectivity index (χ1) is 10.5. The maximum atomic E-state index is 12.3. The zero-order valence-corrected chi connectivity index (χ0v) is 14.1. The van der Waals surface area contributed by atoms with E-state index >= 15 is 0 Å². The molecule has 0 saturated carbocycles. The summed E-state index contributed by atoms with van der Waals surface area (Å²) in [4.78, 5) is 14.5. The first-order valence-electron chi connectivity index (χ1n) is 7.07. The number of carbonyl (C=O) groups is 1. The lowest BCUT2D eigenvalue weighted by Crippen LogP contribution is -2.30. The van der Waals surface area contributed by atoms with E-state index in [2.05, 4.69) is 0 Å². The summed E-state index contributed by atoms with van der Waals surface area (Å²) in [6.45, 7) is 5.08. The molecular weight excluding hydrogens is 322 g/mol. The second-order valence-corrected chi connectivity index (χ2v) is 6.58. The van der Waals surface area contributed by atoms with Crippen LogP contribution >= 0.6 is 11.6 Å². The number of hydrogen-bond acceptors (Lipinski definition) is 3. The van der Waals surface area contributed by atoms with Crippen LogP contribution in [0.5, 0.6) is 0 Å². The molecule has 22 heavy (non-hydrogen) atoms. The highest BCUT2D eigenvalue weighted by Crippen LogP contribution is 2.19. The van der Waals surface area contributed by atoms with Crippen molar-refractivity contribution in [2.24, 2.45) is 0 Å². The van der Waals surface area contributed by atoms with Gasteiger partial charge in [-0.1, -0.05) is 17.7 Å². The molecule has 118 valence electrons. The first kappa shape index (κ1) is 16.8. The Morgan fingerprint density at radius 3 is 2.59 bits per heavy atom. The van der Waals surface area contributed by atoms with E-state index in [1.807, 2.05) is 13.8 Å². The summed E-state index contributed by atoms with van der Waals surface area (Å²) >= 11 is 5.90. The van der Waals surface area contributed by atoms with E-state index in [9.17, 15) is 9.00 Å². The molecule has 0 N–H and O–H groups in total. The Morgan fingerprint density at radius 1 is 1.23 bits per heavy atom. The number of benzene rings is 1. The molecule has 1 aromatic carbocycles. The van der Waals surface area contributed by atoms with Crippen LogP contribution in [0, 0.1) is 0 Å². The highest BCUT2D eigenvalue weighted by Gasteiger charge is 2.17. The Morgan fingerprint density at radius 2 is 1.95 bits per heavy atom. The number of carbonyl (C=O) groups excluding carboxylic acids is 1. The van der Waals surface area contributed by atoms with Crippen molar-refractivity contribution in [2.75, 3.05) is 13.1 Å². The predicted molar refractivity (Wildman–Crippen MR) is 87.5 cm³/mol. The lowest BCUT2D eigenvalue weighted by atomic mass is 10.3. The zero-order valence-electron chi connectivity index (χ0n) is 12.5. The van der Waals surface area contributed by atoms with Crippen molar-refractivity contribution in [1.29, 1.82) is 0 Å². The molecule has 6 heteroatoms. The third kappa shape index (κ3) is 3.99. The van der Waals surface area contributed by atoms with Gasteiger partial charge in [-0.2, -0.15) is 0 Å². The fourth-order valence-corrected chi connectivity index (χ4v) is 3.38. The summed E-state index contributed by atoms with van der Waals surface area (Å²) in [6.07, 6.45) is 0. The Labute approximate surface area is 137 Å². The monoisotopic (exact) mass is 339 g/mol. The van der Waals surface area contributed by atoms with E-state index in [0.29, 0.717) is 28.8 Å². The predicted octanol–water partition coefficient (Wildman–Crippen LogP) is 3.72. The second kappa shape index (κ2) is 7.61. The lowest BCUT2D eigenvalue weighted by molar-refractivity contribution is 0.0739. The van der Waals surface area contributed by atoms with Crippen LogP contribution in [0.1, 0.15) is 30.2 Å². The van der Waals surface area contributed by atoms with E-state index in [1.54, 1.807) is 41.3 Å². The molecule has 2 rings (SSSR count). The summed E-state index contributed by atoms with van der Waals surface area (Å²) in [5, 5.41) is 0.544. The summed E-state index contributed by atoms with van der Waals surface area (Å²) in [7, 11) is -1.26. The molecule has 0 radical (unpaired) electrons. The normalized spacial score (nSPS) is 12.1. The minimum absolute atomic E-state index is 0.148. The molecule has 0 saturated heterocycles. The van der Waals surface area contributed by atoms with Crippen LogP contribution < -0.4 is 0 Å². The third-order valence-corrected chi connectivity index (χ3v) is 4.82. The number of hydrogen-bond donors (Lipinski definition) is 0. The van der Waals surface area contributed by atoms with Crippen LogP contribution in [-0.4, -0.2) is 28.1 Å². The molecule has 1 amide bonds. The fourth-order valence-electron chi connectivity index (χ4n) is 2.06. The van der Waals surface area contributed by atoms with Crippen molar-refractivity contribution >= 4 is 28.3 Å². The van der Waals surface area contributed by atoms with Crippen molar-refractivity contribution in [2.45, 2.75) is 24.5 Å². The molecule has 0 aliphatic carbocycles. The molecular formula is C16H18ClNO3S. The van der Waals surface area contributed by atoms with Crippen LogP contribution in [0.15, 0.2) is 45.7 Å². The van der Waals surface area contributed by atoms with Gasteiger partial charge >= 0.3 is 0 Å². The average Bonchev–Trinajstić information content (AvgIpc) is 2.97. The van der Waals surface area contributed by atoms with Crippen LogP contribution in [-0.2, 0) is 16.6 Å². The molecule has 0 aliphatic heterocycles. The van der Waals surface area contributed by atoms with E-state index in [4.69, 9.17) is 16.0 Å². The number of furan rings is 1. The van der Waals surface area contributed by atoms with Crippen LogP contribution in [0.3, 0.4) is 0 Å². The van der Waals surface area contributed by atoms with Crippen LogP contribution in [0.25, 0.3) is 0 Å². The van der Waals surface area contributed by atoms with Gasteiger partial charge in [-0.05, 0) is 44.2 Å². The number of rotatable bonds is 6. The summed E-state index contributed by atoms with van der Waals surface area (Å²) < 4.78 is 17.8. The van der Waals surface area contributed by atoms with Gasteiger partial charge in [0.05, 0.1) is 16.6 Å². The van der Waals surface area contributed by atoms with Gasteiger partial charge < -0.3 is 9.32 Å². The van der Waals surface area contributed by atoms with Crippen molar-refractivity contribution < 1.29 is 13.4 Å². The van der Waals surface area contributed by atoms with Gasteiger partial charge in [0.25, 0.3) is 5.91 Å². The van der Waals surface area contributed by atoms with Crippen LogP contribution in [0.4, 0.5) is 0 Å². The SMILES string of the molecule is CCN(CC)C(=O)c1ccc(C[S@](=O)c2cccc(Cl)c2)o1. The molecule has 1 aromatic heterocycles. The fraction of sp³-hybridized carbons (Fsp3) is 0.312. The second-order valence-electron chi connectivity index (χ2n) is 4.69. The molecule has 2 aromatic rings. The quantitative estimate of drug-likeness (QED) is 0.805. The molecule has 0 spiro atoms. The summed E-state index contributed by atoms with van der Waals surface area (Å²) in [5.41, 5.74) is 0. The topological polar surface area (TPSA) is 50.5 Å². The van der Waals surface area contributed by atoms with Gasteiger partial charge in [0.1, 0.15) is 5.76 Å². The summed E-state index contributed by atoms with van der Waals surface area (Å²) in [5.74, 6) is 0.867. The van der Waals surface area contributed by atoms with Gasteiger partial charge in [-0.25, -0.2) is 0 Å². The maximum Gasteiger partial charge on any atom is 0.289 e. The number of amides is 1. The van der Waals surface area contributed by atoms with Crippen molar-refractivity contribution in [3.63, 3.8) is 0 Å². The van der Waals surface area contributed by atoms with Gasteiger partial charge in [0.15, 0.2) is 5.76 Å². The molecule has 0 aliphatic rings. The van der Waals surface area contributed by atoms with Gasteiger partial charge in [0, 0.05) is 23.0 Å². The molecule has 0 fully saturated rings. The van der Waals surface area contributed by atoms with Gasteiger partial charge in [-0.15, -0.1) is 0 Å². The molecule has 0 bridgehead atoms. The standard InChI is InChI=1S/C16H18ClNO3S/c1-3-18(4-2)16(19)15-9-8-13(21-15)11-22(20)14-7-5-6-12(17)10-14/h5-10H,3-4,11H2,1-2H3/t22-/m0/s1. The van der Waals surface area contributed by atoms with E-state index in [0.717, 1.165) is 0 Å². The van der Waals surface area contributed by atoms with Gasteiger partial charge in [-0.3, -0.25) is 9.00 Å². The highest BCUT2D eigenvalue weighted by atomic mass is 35.5. The maximum absolute atomic E-state index is 12.3. The van der Waals surface area contributed by atoms with Crippen molar-refractivity contribution in [3.05, 3.63) is 52.9 Å². The average molecular weight is 340 g/mol. The molecule has 4 nitrogen and oxygen atoms in total. The van der Waals surface area contributed by atoms with E-state index < -0.39 is 10.8 Å². The first-order valence-corrected chi connectivity index (χ1v) is 8.76. The van der Waals surface area contributed by atoms with Crippen molar-refractivity contribution in [1.82, 2.24) is 4.90 Å². The van der Waals surface area contributed by atoms with Gasteiger partial charge in [0.2, 0.25) is 0 Å². The highest BCUT2D eigenvalue weighted by molar-refractivity contribution is 7.84. The smallest absolute Gasteiger partial charge is 0.289 e. The molecule has 1 atom stereocenters. The van der Waals surface area contributed by atoms with Crippen LogP contribution in [0.2, 0.25) is 5.02 Å². The number of nitrogens with zero attached hydrogens (tertiary/aromatic N) is 1. The Kier molecular flexibility index (Phi) is 5.80. The molecule has 0 unspecified atom stereocenters.